The van der Waals surface area contributed by atoms with Crippen LogP contribution in [-0.4, -0.2) is 0 Å². The third-order valence-corrected chi connectivity index (χ3v) is 5.22. The predicted octanol–water partition coefficient (Wildman–Crippen LogP) is 6.20. The van der Waals surface area contributed by atoms with Crippen LogP contribution in [0.15, 0.2) is 40.9 Å². The van der Waals surface area contributed by atoms with E-state index in [1.54, 1.807) is 12.1 Å². The summed E-state index contributed by atoms with van der Waals surface area (Å²) in [6.07, 6.45) is 2.06. The Morgan fingerprint density at radius 1 is 0.950 bits per heavy atom. The Morgan fingerprint density at radius 3 is 2.15 bits per heavy atom. The Bertz CT molecular complexity index is 608. The van der Waals surface area contributed by atoms with Crippen LogP contribution in [0.2, 0.25) is 0 Å². The molecule has 106 valence electrons. The smallest absolute Gasteiger partial charge is 0.137 e. The van der Waals surface area contributed by atoms with E-state index in [1.165, 1.54) is 16.7 Å². The molecule has 3 heteroatoms. The Balaban J connectivity index is 2.37. The number of rotatable bonds is 4. The van der Waals surface area contributed by atoms with Gasteiger partial charge in [-0.2, -0.15) is 0 Å². The summed E-state index contributed by atoms with van der Waals surface area (Å²) in [5.41, 5.74) is 4.85. The summed E-state index contributed by atoms with van der Waals surface area (Å²) in [5.74, 6) is -0.229. The monoisotopic (exact) mass is 398 g/mol. The number of hydrogen-bond donors (Lipinski definition) is 0. The minimum absolute atomic E-state index is 0.0151. The number of benzene rings is 2. The zero-order valence-electron chi connectivity index (χ0n) is 11.6. The summed E-state index contributed by atoms with van der Waals surface area (Å²) in [4.78, 5) is 0.0151. The molecule has 0 aliphatic carbocycles. The summed E-state index contributed by atoms with van der Waals surface area (Å²) in [6.45, 7) is 4.34. The van der Waals surface area contributed by atoms with Crippen molar-refractivity contribution in [1.29, 1.82) is 0 Å². The average Bonchev–Trinajstić information content (AvgIpc) is 2.48. The first-order chi connectivity index (χ1) is 9.56. The molecule has 2 aromatic carbocycles. The van der Waals surface area contributed by atoms with E-state index >= 15 is 0 Å². The van der Waals surface area contributed by atoms with E-state index in [4.69, 9.17) is 0 Å². The molecule has 0 radical (unpaired) electrons. The molecule has 0 aromatic heterocycles. The van der Waals surface area contributed by atoms with Gasteiger partial charge in [0, 0.05) is 0 Å². The lowest BCUT2D eigenvalue weighted by Gasteiger charge is -2.14. The SMILES string of the molecule is CCc1ccc(C(Br)c2ccc(Br)c(F)c2)cc1CC. The first kappa shape index (κ1) is 15.7. The van der Waals surface area contributed by atoms with E-state index < -0.39 is 0 Å². The molecule has 1 atom stereocenters. The van der Waals surface area contributed by atoms with E-state index in [1.807, 2.05) is 6.07 Å². The van der Waals surface area contributed by atoms with Crippen molar-refractivity contribution < 1.29 is 4.39 Å². The molecule has 0 amide bonds. The largest absolute Gasteiger partial charge is 0.206 e. The number of halogens is 3. The van der Waals surface area contributed by atoms with E-state index in [0.717, 1.165) is 18.4 Å². The summed E-state index contributed by atoms with van der Waals surface area (Å²) in [7, 11) is 0. The lowest BCUT2D eigenvalue weighted by molar-refractivity contribution is 0.619. The molecule has 0 N–H and O–H groups in total. The van der Waals surface area contributed by atoms with Gasteiger partial charge in [-0.05, 0) is 63.2 Å². The molecule has 0 heterocycles. The predicted molar refractivity (Wildman–Crippen MR) is 90.1 cm³/mol. The minimum Gasteiger partial charge on any atom is -0.206 e. The molecule has 0 saturated heterocycles. The summed E-state index contributed by atoms with van der Waals surface area (Å²) >= 11 is 6.87. The molecule has 0 nitrogen and oxygen atoms in total. The topological polar surface area (TPSA) is 0 Å². The minimum atomic E-state index is -0.229. The van der Waals surface area contributed by atoms with Crippen LogP contribution < -0.4 is 0 Å². The van der Waals surface area contributed by atoms with E-state index in [0.29, 0.717) is 4.47 Å². The van der Waals surface area contributed by atoms with Crippen molar-refractivity contribution in [2.24, 2.45) is 0 Å². The van der Waals surface area contributed by atoms with Gasteiger partial charge in [0.05, 0.1) is 9.30 Å². The van der Waals surface area contributed by atoms with Gasteiger partial charge >= 0.3 is 0 Å². The fourth-order valence-corrected chi connectivity index (χ4v) is 3.16. The fraction of sp³-hybridized carbons (Fsp3) is 0.294. The lowest BCUT2D eigenvalue weighted by Crippen LogP contribution is -1.98. The molecule has 0 spiro atoms. The highest BCUT2D eigenvalue weighted by Gasteiger charge is 2.13. The first-order valence-electron chi connectivity index (χ1n) is 6.77. The summed E-state index contributed by atoms with van der Waals surface area (Å²) in [5, 5.41) is 0. The van der Waals surface area contributed by atoms with Gasteiger partial charge in [0.1, 0.15) is 5.82 Å². The Hall–Kier alpha value is -0.670. The second kappa shape index (κ2) is 6.86. The quantitative estimate of drug-likeness (QED) is 0.537. The highest BCUT2D eigenvalue weighted by atomic mass is 79.9. The van der Waals surface area contributed by atoms with Crippen molar-refractivity contribution in [2.45, 2.75) is 31.5 Å². The summed E-state index contributed by atoms with van der Waals surface area (Å²) in [6, 6.07) is 11.8. The highest BCUT2D eigenvalue weighted by molar-refractivity contribution is 9.10. The molecular formula is C17H17Br2F. The van der Waals surface area contributed by atoms with Crippen LogP contribution in [-0.2, 0) is 12.8 Å². The van der Waals surface area contributed by atoms with Gasteiger partial charge < -0.3 is 0 Å². The second-order valence-corrected chi connectivity index (χ2v) is 6.54. The molecule has 1 unspecified atom stereocenters. The molecule has 2 aromatic rings. The van der Waals surface area contributed by atoms with Crippen LogP contribution >= 0.6 is 31.9 Å². The van der Waals surface area contributed by atoms with Crippen LogP contribution in [0.25, 0.3) is 0 Å². The average molecular weight is 400 g/mol. The van der Waals surface area contributed by atoms with Gasteiger partial charge in [0.2, 0.25) is 0 Å². The molecular weight excluding hydrogens is 383 g/mol. The fourth-order valence-electron chi connectivity index (χ4n) is 2.34. The van der Waals surface area contributed by atoms with E-state index in [9.17, 15) is 4.39 Å². The first-order valence-corrected chi connectivity index (χ1v) is 8.48. The Labute approximate surface area is 136 Å². The number of alkyl halides is 1. The zero-order valence-corrected chi connectivity index (χ0v) is 14.8. The number of aryl methyl sites for hydroxylation is 2. The van der Waals surface area contributed by atoms with Gasteiger partial charge in [-0.15, -0.1) is 0 Å². The van der Waals surface area contributed by atoms with Gasteiger partial charge in [0.25, 0.3) is 0 Å². The number of hydrogen-bond acceptors (Lipinski definition) is 0. The molecule has 0 fully saturated rings. The van der Waals surface area contributed by atoms with Gasteiger partial charge in [-0.25, -0.2) is 4.39 Å². The maximum absolute atomic E-state index is 13.7. The van der Waals surface area contributed by atoms with Crippen LogP contribution in [0, 0.1) is 5.82 Å². The van der Waals surface area contributed by atoms with Crippen LogP contribution in [0.5, 0.6) is 0 Å². The van der Waals surface area contributed by atoms with Crippen molar-refractivity contribution in [3.05, 3.63) is 68.9 Å². The van der Waals surface area contributed by atoms with E-state index in [2.05, 4.69) is 63.9 Å². The van der Waals surface area contributed by atoms with Gasteiger partial charge in [-0.3, -0.25) is 0 Å². The van der Waals surface area contributed by atoms with Crippen molar-refractivity contribution in [3.63, 3.8) is 0 Å². The van der Waals surface area contributed by atoms with Crippen LogP contribution in [0.4, 0.5) is 4.39 Å². The van der Waals surface area contributed by atoms with Crippen LogP contribution in [0.1, 0.15) is 40.9 Å². The maximum atomic E-state index is 13.7. The Kier molecular flexibility index (Phi) is 5.39. The molecule has 2 rings (SSSR count). The normalized spacial score (nSPS) is 12.4. The molecule has 0 aliphatic rings. The lowest BCUT2D eigenvalue weighted by atomic mass is 9.96. The maximum Gasteiger partial charge on any atom is 0.137 e. The highest BCUT2D eigenvalue weighted by Crippen LogP contribution is 2.33. The molecule has 0 aliphatic heterocycles. The standard InChI is InChI=1S/C17H17Br2F/c1-3-11-5-6-13(9-12(11)4-2)17(19)14-7-8-15(18)16(20)10-14/h5-10,17H,3-4H2,1-2H3. The zero-order chi connectivity index (χ0) is 14.7. The van der Waals surface area contributed by atoms with Gasteiger partial charge in [-0.1, -0.05) is 54.0 Å². The summed E-state index contributed by atoms with van der Waals surface area (Å²) < 4.78 is 14.1. The third-order valence-electron chi connectivity index (χ3n) is 3.52. The van der Waals surface area contributed by atoms with Crippen molar-refractivity contribution in [2.75, 3.05) is 0 Å². The van der Waals surface area contributed by atoms with Crippen molar-refractivity contribution in [3.8, 4) is 0 Å². The Morgan fingerprint density at radius 2 is 1.55 bits per heavy atom. The van der Waals surface area contributed by atoms with Crippen LogP contribution in [0.3, 0.4) is 0 Å². The third kappa shape index (κ3) is 3.32. The van der Waals surface area contributed by atoms with Gasteiger partial charge in [0.15, 0.2) is 0 Å². The van der Waals surface area contributed by atoms with Crippen molar-refractivity contribution in [1.82, 2.24) is 0 Å². The molecule has 0 saturated carbocycles. The molecule has 20 heavy (non-hydrogen) atoms. The van der Waals surface area contributed by atoms with Crippen molar-refractivity contribution >= 4 is 31.9 Å². The second-order valence-electron chi connectivity index (χ2n) is 4.77. The van der Waals surface area contributed by atoms with E-state index in [-0.39, 0.29) is 10.6 Å². The molecule has 0 bridgehead atoms.